The van der Waals surface area contributed by atoms with Gasteiger partial charge in [-0.25, -0.2) is 4.79 Å². The van der Waals surface area contributed by atoms with Crippen molar-refractivity contribution in [1.29, 1.82) is 0 Å². The number of aromatic amines is 1. The average molecular weight is 156 g/mol. The lowest BCUT2D eigenvalue weighted by Gasteiger charge is -2.02. The number of hydrogen-bond acceptors (Lipinski definition) is 2. The highest BCUT2D eigenvalue weighted by Gasteiger charge is 1.98. The molecule has 0 bridgehead atoms. The van der Waals surface area contributed by atoms with Crippen LogP contribution in [0.2, 0.25) is 0 Å². The third-order valence-electron chi connectivity index (χ3n) is 1.51. The highest BCUT2D eigenvalue weighted by molar-refractivity contribution is 4.75. The summed E-state index contributed by atoms with van der Waals surface area (Å²) in [6, 6.07) is 0. The van der Waals surface area contributed by atoms with Gasteiger partial charge in [0.05, 0.1) is 6.10 Å². The predicted octanol–water partition coefficient (Wildman–Crippen LogP) is -0.0527. The molecule has 1 rings (SSSR count). The largest absolute Gasteiger partial charge is 0.393 e. The number of aryl methyl sites for hydroxylation is 1. The van der Waals surface area contributed by atoms with Crippen molar-refractivity contribution in [3.8, 4) is 0 Å². The molecule has 4 heteroatoms. The second-order valence-corrected chi connectivity index (χ2v) is 2.60. The van der Waals surface area contributed by atoms with Crippen LogP contribution in [0.3, 0.4) is 0 Å². The quantitative estimate of drug-likeness (QED) is 0.644. The van der Waals surface area contributed by atoms with Gasteiger partial charge in [0.15, 0.2) is 0 Å². The fraction of sp³-hybridized carbons (Fsp3) is 0.571. The summed E-state index contributed by atoms with van der Waals surface area (Å²) in [5.74, 6) is 0. The zero-order chi connectivity index (χ0) is 8.27. The Hall–Kier alpha value is -1.03. The maximum absolute atomic E-state index is 10.9. The summed E-state index contributed by atoms with van der Waals surface area (Å²) in [7, 11) is 0. The van der Waals surface area contributed by atoms with E-state index in [9.17, 15) is 4.79 Å². The second kappa shape index (κ2) is 3.39. The predicted molar refractivity (Wildman–Crippen MR) is 41.4 cm³/mol. The fourth-order valence-corrected chi connectivity index (χ4v) is 0.851. The number of aromatic nitrogens is 2. The Morgan fingerprint density at radius 1 is 1.82 bits per heavy atom. The van der Waals surface area contributed by atoms with Crippen LogP contribution in [-0.4, -0.2) is 20.8 Å². The normalized spacial score (nSPS) is 13.3. The van der Waals surface area contributed by atoms with Crippen LogP contribution in [0.1, 0.15) is 13.3 Å². The monoisotopic (exact) mass is 156 g/mol. The van der Waals surface area contributed by atoms with E-state index < -0.39 is 0 Å². The maximum Gasteiger partial charge on any atom is 0.325 e. The van der Waals surface area contributed by atoms with Gasteiger partial charge in [0.25, 0.3) is 0 Å². The number of rotatable bonds is 3. The second-order valence-electron chi connectivity index (χ2n) is 2.60. The van der Waals surface area contributed by atoms with E-state index in [1.807, 2.05) is 0 Å². The van der Waals surface area contributed by atoms with E-state index in [1.165, 1.54) is 4.57 Å². The first-order valence-electron chi connectivity index (χ1n) is 3.62. The number of nitrogens with zero attached hydrogens (tertiary/aromatic N) is 1. The molecule has 0 amide bonds. The van der Waals surface area contributed by atoms with Gasteiger partial charge in [0.1, 0.15) is 0 Å². The number of nitrogens with one attached hydrogen (secondary N) is 1. The highest BCUT2D eigenvalue weighted by atomic mass is 16.3. The molecule has 1 heterocycles. The molecule has 11 heavy (non-hydrogen) atoms. The van der Waals surface area contributed by atoms with Crippen LogP contribution >= 0.6 is 0 Å². The van der Waals surface area contributed by atoms with Crippen molar-refractivity contribution in [2.45, 2.75) is 26.0 Å². The Kier molecular flexibility index (Phi) is 2.48. The van der Waals surface area contributed by atoms with Crippen LogP contribution < -0.4 is 5.69 Å². The molecule has 1 unspecified atom stereocenters. The fourth-order valence-electron chi connectivity index (χ4n) is 0.851. The molecule has 0 aromatic carbocycles. The van der Waals surface area contributed by atoms with E-state index in [-0.39, 0.29) is 11.8 Å². The Morgan fingerprint density at radius 2 is 2.55 bits per heavy atom. The standard InChI is InChI=1S/C7H12N2O2/c1-6(10)2-4-9-5-3-8-7(9)11/h3,5-6,10H,2,4H2,1H3,(H,8,11). The van der Waals surface area contributed by atoms with E-state index in [0.717, 1.165) is 0 Å². The minimum atomic E-state index is -0.350. The maximum atomic E-state index is 10.9. The summed E-state index contributed by atoms with van der Waals surface area (Å²) in [6.07, 6.45) is 3.52. The van der Waals surface area contributed by atoms with Crippen LogP contribution in [0.15, 0.2) is 17.2 Å². The molecule has 1 aromatic heterocycles. The number of hydrogen-bond donors (Lipinski definition) is 2. The molecule has 1 atom stereocenters. The van der Waals surface area contributed by atoms with Crippen molar-refractivity contribution < 1.29 is 5.11 Å². The minimum Gasteiger partial charge on any atom is -0.393 e. The van der Waals surface area contributed by atoms with Crippen molar-refractivity contribution in [2.24, 2.45) is 0 Å². The van der Waals surface area contributed by atoms with E-state index in [0.29, 0.717) is 13.0 Å². The lowest BCUT2D eigenvalue weighted by molar-refractivity contribution is 0.177. The van der Waals surface area contributed by atoms with E-state index in [4.69, 9.17) is 5.11 Å². The molecule has 0 spiro atoms. The minimum absolute atomic E-state index is 0.120. The average Bonchev–Trinajstić information content (AvgIpc) is 2.31. The summed E-state index contributed by atoms with van der Waals surface area (Å²) >= 11 is 0. The van der Waals surface area contributed by atoms with Crippen LogP contribution in [0.25, 0.3) is 0 Å². The van der Waals surface area contributed by atoms with Gasteiger partial charge in [-0.05, 0) is 13.3 Å². The number of H-pyrrole nitrogens is 1. The van der Waals surface area contributed by atoms with Gasteiger partial charge in [0.2, 0.25) is 0 Å². The van der Waals surface area contributed by atoms with Crippen LogP contribution in [0.5, 0.6) is 0 Å². The smallest absolute Gasteiger partial charge is 0.325 e. The number of aliphatic hydroxyl groups is 1. The first-order valence-corrected chi connectivity index (χ1v) is 3.62. The van der Waals surface area contributed by atoms with Gasteiger partial charge < -0.3 is 10.1 Å². The first kappa shape index (κ1) is 8.07. The summed E-state index contributed by atoms with van der Waals surface area (Å²) in [6.45, 7) is 2.28. The highest BCUT2D eigenvalue weighted by Crippen LogP contribution is 1.91. The summed E-state index contributed by atoms with van der Waals surface area (Å²) in [4.78, 5) is 13.4. The molecule has 0 fully saturated rings. The van der Waals surface area contributed by atoms with E-state index >= 15 is 0 Å². The van der Waals surface area contributed by atoms with Crippen molar-refractivity contribution in [2.75, 3.05) is 0 Å². The molecule has 0 radical (unpaired) electrons. The van der Waals surface area contributed by atoms with E-state index in [1.54, 1.807) is 19.3 Å². The van der Waals surface area contributed by atoms with Gasteiger partial charge in [-0.15, -0.1) is 0 Å². The molecule has 0 aliphatic carbocycles. The third kappa shape index (κ3) is 2.23. The molecule has 62 valence electrons. The lowest BCUT2D eigenvalue weighted by atomic mass is 10.3. The molecular formula is C7H12N2O2. The van der Waals surface area contributed by atoms with E-state index in [2.05, 4.69) is 4.98 Å². The molecule has 0 aliphatic heterocycles. The van der Waals surface area contributed by atoms with Crippen LogP contribution in [0.4, 0.5) is 0 Å². The van der Waals surface area contributed by atoms with Crippen LogP contribution in [-0.2, 0) is 6.54 Å². The van der Waals surface area contributed by atoms with Crippen LogP contribution in [0, 0.1) is 0 Å². The Labute approximate surface area is 64.5 Å². The van der Waals surface area contributed by atoms with Crippen molar-refractivity contribution in [3.63, 3.8) is 0 Å². The molecule has 1 aromatic rings. The summed E-state index contributed by atoms with van der Waals surface area (Å²) in [5.41, 5.74) is -0.120. The molecule has 0 saturated carbocycles. The zero-order valence-corrected chi connectivity index (χ0v) is 6.45. The zero-order valence-electron chi connectivity index (χ0n) is 6.45. The Balaban J connectivity index is 2.51. The van der Waals surface area contributed by atoms with Gasteiger partial charge >= 0.3 is 5.69 Å². The molecule has 4 nitrogen and oxygen atoms in total. The first-order chi connectivity index (χ1) is 5.20. The van der Waals surface area contributed by atoms with Crippen molar-refractivity contribution in [3.05, 3.63) is 22.9 Å². The Morgan fingerprint density at radius 3 is 3.00 bits per heavy atom. The van der Waals surface area contributed by atoms with Gasteiger partial charge in [0, 0.05) is 18.9 Å². The van der Waals surface area contributed by atoms with Gasteiger partial charge in [-0.3, -0.25) is 4.57 Å². The van der Waals surface area contributed by atoms with Crippen molar-refractivity contribution in [1.82, 2.24) is 9.55 Å². The Bertz CT molecular complexity index is 261. The third-order valence-corrected chi connectivity index (χ3v) is 1.51. The number of aliphatic hydroxyl groups excluding tert-OH is 1. The molecule has 2 N–H and O–H groups in total. The topological polar surface area (TPSA) is 58.0 Å². The van der Waals surface area contributed by atoms with Gasteiger partial charge in [-0.1, -0.05) is 0 Å². The van der Waals surface area contributed by atoms with Gasteiger partial charge in [-0.2, -0.15) is 0 Å². The lowest BCUT2D eigenvalue weighted by Crippen LogP contribution is -2.18. The summed E-state index contributed by atoms with van der Waals surface area (Å²) < 4.78 is 1.53. The molecule has 0 saturated heterocycles. The summed E-state index contributed by atoms with van der Waals surface area (Å²) in [5, 5.41) is 8.92. The van der Waals surface area contributed by atoms with Crippen molar-refractivity contribution >= 4 is 0 Å². The molecular weight excluding hydrogens is 144 g/mol. The number of imidazole rings is 1. The SMILES string of the molecule is CC(O)CCn1cc[nH]c1=O. The molecule has 0 aliphatic rings.